The number of amides is 3. The van der Waals surface area contributed by atoms with Gasteiger partial charge in [0.25, 0.3) is 0 Å². The van der Waals surface area contributed by atoms with Crippen LogP contribution in [0, 0.1) is 0 Å². The maximum absolute atomic E-state index is 12.9. The van der Waals surface area contributed by atoms with Crippen molar-refractivity contribution in [3.63, 3.8) is 0 Å². The largest absolute Gasteiger partial charge is 0.338 e. The van der Waals surface area contributed by atoms with E-state index in [1.54, 1.807) is 9.80 Å². The fourth-order valence-electron chi connectivity index (χ4n) is 4.43. The van der Waals surface area contributed by atoms with E-state index < -0.39 is 5.91 Å². The Labute approximate surface area is 148 Å². The van der Waals surface area contributed by atoms with Gasteiger partial charge in [-0.25, -0.2) is 0 Å². The summed E-state index contributed by atoms with van der Waals surface area (Å²) < 4.78 is 0. The summed E-state index contributed by atoms with van der Waals surface area (Å²) in [6.45, 7) is 4.48. The monoisotopic (exact) mass is 348 g/mol. The predicted octanol–water partition coefficient (Wildman–Crippen LogP) is -0.0936. The van der Waals surface area contributed by atoms with Gasteiger partial charge in [0.15, 0.2) is 0 Å². The number of likely N-dealkylation sites (tertiary alicyclic amines) is 2. The second-order valence-electron chi connectivity index (χ2n) is 7.74. The molecule has 1 atom stereocenters. The average molecular weight is 348 g/mol. The van der Waals surface area contributed by atoms with E-state index in [2.05, 4.69) is 4.90 Å². The molecular weight excluding hydrogens is 320 g/mol. The van der Waals surface area contributed by atoms with Gasteiger partial charge in [0.1, 0.15) is 0 Å². The van der Waals surface area contributed by atoms with Gasteiger partial charge in [-0.05, 0) is 45.1 Å². The lowest BCUT2D eigenvalue weighted by Gasteiger charge is -2.37. The number of nitrogens with zero attached hydrogens (tertiary/aromatic N) is 4. The Morgan fingerprint density at radius 2 is 1.16 bits per heavy atom. The standard InChI is InChI=1S/C18H28N4O3/c23-16(15-4-3-9-22(15)14-5-6-14)20-10-12-21(13-11-20)18(25)17(24)19-7-1-2-8-19/h14-15H,1-13H2/t15-/m1/s1. The van der Waals surface area contributed by atoms with Crippen LogP contribution < -0.4 is 0 Å². The van der Waals surface area contributed by atoms with Gasteiger partial charge in [-0.1, -0.05) is 0 Å². The molecule has 0 radical (unpaired) electrons. The molecule has 0 N–H and O–H groups in total. The Bertz CT molecular complexity index is 549. The zero-order valence-corrected chi connectivity index (χ0v) is 14.9. The molecule has 3 aliphatic heterocycles. The third-order valence-electron chi connectivity index (χ3n) is 6.05. The molecule has 0 aromatic heterocycles. The minimum atomic E-state index is -0.394. The molecule has 1 saturated carbocycles. The van der Waals surface area contributed by atoms with Crippen LogP contribution in [0.3, 0.4) is 0 Å². The molecule has 0 spiro atoms. The molecule has 7 nitrogen and oxygen atoms in total. The van der Waals surface area contributed by atoms with Crippen molar-refractivity contribution >= 4 is 17.7 Å². The Kier molecular flexibility index (Phi) is 4.67. The summed E-state index contributed by atoms with van der Waals surface area (Å²) in [5, 5.41) is 0. The van der Waals surface area contributed by atoms with Gasteiger partial charge in [0, 0.05) is 45.3 Å². The van der Waals surface area contributed by atoms with Crippen LogP contribution in [0.5, 0.6) is 0 Å². The molecule has 3 amide bonds. The molecule has 3 saturated heterocycles. The van der Waals surface area contributed by atoms with Crippen LogP contribution in [0.2, 0.25) is 0 Å². The minimum absolute atomic E-state index is 0.0426. The minimum Gasteiger partial charge on any atom is -0.338 e. The molecule has 0 bridgehead atoms. The van der Waals surface area contributed by atoms with Gasteiger partial charge in [-0.15, -0.1) is 0 Å². The van der Waals surface area contributed by atoms with Gasteiger partial charge in [0.2, 0.25) is 5.91 Å². The third-order valence-corrected chi connectivity index (χ3v) is 6.05. The topological polar surface area (TPSA) is 64.2 Å². The first kappa shape index (κ1) is 16.8. The van der Waals surface area contributed by atoms with Gasteiger partial charge >= 0.3 is 11.8 Å². The molecule has 0 aromatic rings. The lowest BCUT2D eigenvalue weighted by Crippen LogP contribution is -2.56. The van der Waals surface area contributed by atoms with E-state index in [-0.39, 0.29) is 17.9 Å². The van der Waals surface area contributed by atoms with Crippen LogP contribution in [0.15, 0.2) is 0 Å². The highest BCUT2D eigenvalue weighted by atomic mass is 16.2. The highest BCUT2D eigenvalue weighted by Gasteiger charge is 2.42. The highest BCUT2D eigenvalue weighted by molar-refractivity contribution is 6.35. The third kappa shape index (κ3) is 3.38. The highest BCUT2D eigenvalue weighted by Crippen LogP contribution is 2.34. The molecule has 4 rings (SSSR count). The first-order chi connectivity index (χ1) is 12.1. The lowest BCUT2D eigenvalue weighted by molar-refractivity contribution is -0.153. The van der Waals surface area contributed by atoms with Crippen molar-refractivity contribution in [3.8, 4) is 0 Å². The van der Waals surface area contributed by atoms with Crippen molar-refractivity contribution in [2.45, 2.75) is 50.6 Å². The van der Waals surface area contributed by atoms with Crippen LogP contribution in [-0.2, 0) is 14.4 Å². The van der Waals surface area contributed by atoms with Crippen molar-refractivity contribution in [2.24, 2.45) is 0 Å². The molecule has 0 unspecified atom stereocenters. The normalized spacial score (nSPS) is 27.8. The van der Waals surface area contributed by atoms with Crippen LogP contribution >= 0.6 is 0 Å². The maximum atomic E-state index is 12.9. The molecule has 4 aliphatic rings. The summed E-state index contributed by atoms with van der Waals surface area (Å²) in [6, 6.07) is 0.665. The van der Waals surface area contributed by atoms with E-state index in [1.165, 1.54) is 12.8 Å². The molecule has 1 aliphatic carbocycles. The van der Waals surface area contributed by atoms with Crippen molar-refractivity contribution in [3.05, 3.63) is 0 Å². The average Bonchev–Trinajstić information content (AvgIpc) is 3.14. The second-order valence-corrected chi connectivity index (χ2v) is 7.74. The van der Waals surface area contributed by atoms with E-state index in [9.17, 15) is 14.4 Å². The molecule has 7 heteroatoms. The zero-order valence-electron chi connectivity index (χ0n) is 14.9. The van der Waals surface area contributed by atoms with Crippen molar-refractivity contribution in [2.75, 3.05) is 45.8 Å². The van der Waals surface area contributed by atoms with Gasteiger partial charge < -0.3 is 14.7 Å². The Balaban J connectivity index is 1.29. The zero-order chi connectivity index (χ0) is 17.4. The number of carbonyl (C=O) groups excluding carboxylic acids is 3. The summed E-state index contributed by atoms with van der Waals surface area (Å²) >= 11 is 0. The van der Waals surface area contributed by atoms with Crippen molar-refractivity contribution in [1.82, 2.24) is 19.6 Å². The van der Waals surface area contributed by atoms with E-state index in [0.29, 0.717) is 45.3 Å². The van der Waals surface area contributed by atoms with E-state index in [4.69, 9.17) is 0 Å². The smallest absolute Gasteiger partial charge is 0.312 e. The molecule has 0 aromatic carbocycles. The number of rotatable bonds is 2. The number of hydrogen-bond donors (Lipinski definition) is 0. The fraction of sp³-hybridized carbons (Fsp3) is 0.833. The van der Waals surface area contributed by atoms with Gasteiger partial charge in [-0.3, -0.25) is 19.3 Å². The SMILES string of the molecule is O=C(C(=O)N1CCN(C(=O)[C@H]2CCCN2C2CC2)CC1)N1CCCC1. The Morgan fingerprint density at radius 3 is 1.76 bits per heavy atom. The molecule has 138 valence electrons. The summed E-state index contributed by atoms with van der Waals surface area (Å²) in [5.74, 6) is -0.537. The predicted molar refractivity (Wildman–Crippen MR) is 91.7 cm³/mol. The van der Waals surface area contributed by atoms with Crippen molar-refractivity contribution < 1.29 is 14.4 Å². The molecule has 3 heterocycles. The van der Waals surface area contributed by atoms with E-state index in [0.717, 1.165) is 32.2 Å². The Hall–Kier alpha value is -1.63. The van der Waals surface area contributed by atoms with Crippen molar-refractivity contribution in [1.29, 1.82) is 0 Å². The lowest BCUT2D eigenvalue weighted by atomic mass is 10.1. The van der Waals surface area contributed by atoms with Crippen LogP contribution in [0.25, 0.3) is 0 Å². The summed E-state index contributed by atoms with van der Waals surface area (Å²) in [4.78, 5) is 45.1. The molecule has 25 heavy (non-hydrogen) atoms. The van der Waals surface area contributed by atoms with Crippen LogP contribution in [0.4, 0.5) is 0 Å². The quantitative estimate of drug-likeness (QED) is 0.654. The van der Waals surface area contributed by atoms with Crippen LogP contribution in [-0.4, -0.2) is 95.2 Å². The van der Waals surface area contributed by atoms with E-state index in [1.807, 2.05) is 4.90 Å². The van der Waals surface area contributed by atoms with Crippen LogP contribution in [0.1, 0.15) is 38.5 Å². The Morgan fingerprint density at radius 1 is 0.600 bits per heavy atom. The summed E-state index contributed by atoms with van der Waals surface area (Å²) in [6.07, 6.45) is 6.49. The van der Waals surface area contributed by atoms with E-state index >= 15 is 0 Å². The number of piperazine rings is 1. The van der Waals surface area contributed by atoms with Gasteiger partial charge in [-0.2, -0.15) is 0 Å². The van der Waals surface area contributed by atoms with Gasteiger partial charge in [0.05, 0.1) is 6.04 Å². The number of carbonyl (C=O) groups is 3. The molecular formula is C18H28N4O3. The number of hydrogen-bond acceptors (Lipinski definition) is 4. The summed E-state index contributed by atoms with van der Waals surface area (Å²) in [5.41, 5.74) is 0. The molecule has 4 fully saturated rings. The fourth-order valence-corrected chi connectivity index (χ4v) is 4.43. The first-order valence-electron chi connectivity index (χ1n) is 9.78. The summed E-state index contributed by atoms with van der Waals surface area (Å²) in [7, 11) is 0. The second kappa shape index (κ2) is 6.94. The maximum Gasteiger partial charge on any atom is 0.312 e. The first-order valence-corrected chi connectivity index (χ1v) is 9.78.